The monoisotopic (exact) mass is 689 g/mol. The van der Waals surface area contributed by atoms with Gasteiger partial charge in [0, 0.05) is 12.8 Å². The minimum absolute atomic E-state index is 0.0139. The van der Waals surface area contributed by atoms with Crippen LogP contribution in [0.4, 0.5) is 0 Å². The van der Waals surface area contributed by atoms with Gasteiger partial charge in [0.15, 0.2) is 0 Å². The van der Waals surface area contributed by atoms with Crippen molar-refractivity contribution in [2.75, 3.05) is 0 Å². The lowest BCUT2D eigenvalue weighted by molar-refractivity contribution is -0.150. The molecule has 0 aromatic heterocycles. The van der Waals surface area contributed by atoms with E-state index in [-0.39, 0.29) is 18.5 Å². The van der Waals surface area contributed by atoms with Gasteiger partial charge in [-0.25, -0.2) is 0 Å². The van der Waals surface area contributed by atoms with E-state index in [2.05, 4.69) is 38.2 Å². The van der Waals surface area contributed by atoms with E-state index in [1.54, 1.807) is 0 Å². The number of esters is 1. The highest BCUT2D eigenvalue weighted by Gasteiger charge is 2.14. The predicted octanol–water partition coefficient (Wildman–Crippen LogP) is 15.2. The van der Waals surface area contributed by atoms with Crippen molar-refractivity contribution >= 4 is 11.9 Å². The molecule has 0 aliphatic rings. The van der Waals surface area contributed by atoms with Gasteiger partial charge in [-0.2, -0.15) is 0 Å². The molecular weight excluding hydrogens is 604 g/mol. The third-order valence-corrected chi connectivity index (χ3v) is 9.90. The number of carbonyl (C=O) groups is 2. The zero-order chi connectivity index (χ0) is 35.7. The second kappa shape index (κ2) is 40.8. The van der Waals surface area contributed by atoms with Gasteiger partial charge >= 0.3 is 11.9 Å². The van der Waals surface area contributed by atoms with Gasteiger partial charge in [-0.3, -0.25) is 9.59 Å². The van der Waals surface area contributed by atoms with Crippen LogP contribution in [0, 0.1) is 0 Å². The molecule has 0 bridgehead atoms. The summed E-state index contributed by atoms with van der Waals surface area (Å²) >= 11 is 0. The molecule has 1 N–H and O–H groups in total. The van der Waals surface area contributed by atoms with Crippen LogP contribution in [0.3, 0.4) is 0 Å². The highest BCUT2D eigenvalue weighted by Crippen LogP contribution is 2.18. The van der Waals surface area contributed by atoms with Gasteiger partial charge in [-0.1, -0.05) is 173 Å². The van der Waals surface area contributed by atoms with E-state index < -0.39 is 5.97 Å². The average molecular weight is 689 g/mol. The molecule has 1 unspecified atom stereocenters. The number of carboxylic acids is 1. The number of hydrogen-bond acceptors (Lipinski definition) is 3. The van der Waals surface area contributed by atoms with Crippen molar-refractivity contribution in [2.45, 2.75) is 251 Å². The number of allylic oxidation sites excluding steroid dienone is 4. The fraction of sp³-hybridized carbons (Fsp3) is 0.867. The van der Waals surface area contributed by atoms with E-state index in [0.717, 1.165) is 70.6 Å². The molecule has 0 spiro atoms. The summed E-state index contributed by atoms with van der Waals surface area (Å²) < 4.78 is 6.00. The lowest BCUT2D eigenvalue weighted by Gasteiger charge is -2.18. The average Bonchev–Trinajstić information content (AvgIpc) is 3.09. The third-order valence-electron chi connectivity index (χ3n) is 9.90. The van der Waals surface area contributed by atoms with Gasteiger partial charge in [0.25, 0.3) is 0 Å². The molecule has 0 fully saturated rings. The Morgan fingerprint density at radius 3 is 1.18 bits per heavy atom. The van der Waals surface area contributed by atoms with Crippen LogP contribution in [0.15, 0.2) is 24.3 Å². The van der Waals surface area contributed by atoms with Gasteiger partial charge < -0.3 is 9.84 Å². The zero-order valence-electron chi connectivity index (χ0n) is 33.0. The largest absolute Gasteiger partial charge is 0.481 e. The van der Waals surface area contributed by atoms with Crippen molar-refractivity contribution in [3.63, 3.8) is 0 Å². The fourth-order valence-electron chi connectivity index (χ4n) is 6.65. The van der Waals surface area contributed by atoms with Crippen molar-refractivity contribution in [1.82, 2.24) is 0 Å². The molecule has 4 nitrogen and oxygen atoms in total. The van der Waals surface area contributed by atoms with Crippen LogP contribution < -0.4 is 0 Å². The number of rotatable bonds is 40. The molecule has 0 aliphatic carbocycles. The summed E-state index contributed by atoms with van der Waals surface area (Å²) in [6, 6.07) is 0. The SMILES string of the molecule is CCCCCCCCC/C=C\CCCCCCCCCC(=O)OC(CCC/C=C\CCCCCCCCCC)CCCCCCCC(=O)O. The Bertz CT molecular complexity index is 742. The van der Waals surface area contributed by atoms with E-state index >= 15 is 0 Å². The van der Waals surface area contributed by atoms with Crippen molar-refractivity contribution in [3.8, 4) is 0 Å². The Morgan fingerprint density at radius 2 is 0.755 bits per heavy atom. The molecule has 4 heteroatoms. The van der Waals surface area contributed by atoms with E-state index in [4.69, 9.17) is 9.84 Å². The minimum Gasteiger partial charge on any atom is -0.481 e. The molecule has 288 valence electrons. The first-order valence-electron chi connectivity index (χ1n) is 21.8. The Kier molecular flexibility index (Phi) is 39.5. The maximum Gasteiger partial charge on any atom is 0.306 e. The fourth-order valence-corrected chi connectivity index (χ4v) is 6.65. The van der Waals surface area contributed by atoms with Crippen LogP contribution in [0.2, 0.25) is 0 Å². The number of aliphatic carboxylic acids is 1. The van der Waals surface area contributed by atoms with Crippen LogP contribution in [0.25, 0.3) is 0 Å². The first-order valence-corrected chi connectivity index (χ1v) is 21.8. The van der Waals surface area contributed by atoms with Gasteiger partial charge in [0.2, 0.25) is 0 Å². The first-order chi connectivity index (χ1) is 24.1. The Labute approximate surface area is 306 Å². The molecule has 49 heavy (non-hydrogen) atoms. The lowest BCUT2D eigenvalue weighted by atomic mass is 10.0. The number of carboxylic acid groups (broad SMARTS) is 1. The second-order valence-electron chi connectivity index (χ2n) is 14.9. The normalized spacial score (nSPS) is 12.4. The maximum atomic E-state index is 12.7. The van der Waals surface area contributed by atoms with Gasteiger partial charge in [-0.15, -0.1) is 0 Å². The standard InChI is InChI=1S/C45H84O4/c1-3-5-7-9-11-13-15-17-18-19-20-21-23-25-27-29-34-38-42-45(48)49-43(40-36-32-30-33-37-41-44(46)47)39-35-31-28-26-24-22-16-14-12-10-8-6-4-2/h18-19,26,28,43H,3-17,20-25,27,29-42H2,1-2H3,(H,46,47)/b19-18-,28-26-. The summed E-state index contributed by atoms with van der Waals surface area (Å²) in [6.07, 6.45) is 52.1. The van der Waals surface area contributed by atoms with Crippen molar-refractivity contribution in [1.29, 1.82) is 0 Å². The molecule has 1 atom stereocenters. The quantitative estimate of drug-likeness (QED) is 0.0395. The van der Waals surface area contributed by atoms with Gasteiger partial charge in [-0.05, 0) is 83.5 Å². The Hall–Kier alpha value is -1.58. The summed E-state index contributed by atoms with van der Waals surface area (Å²) in [6.45, 7) is 4.56. The Balaban J connectivity index is 4.01. The number of ether oxygens (including phenoxy) is 1. The number of unbranched alkanes of at least 4 members (excludes halogenated alkanes) is 27. The van der Waals surface area contributed by atoms with Crippen LogP contribution in [0.1, 0.15) is 245 Å². The van der Waals surface area contributed by atoms with Crippen molar-refractivity contribution in [3.05, 3.63) is 24.3 Å². The molecule has 0 radical (unpaired) electrons. The number of hydrogen-bond donors (Lipinski definition) is 1. The molecule has 0 amide bonds. The topological polar surface area (TPSA) is 63.6 Å². The zero-order valence-corrected chi connectivity index (χ0v) is 33.0. The summed E-state index contributed by atoms with van der Waals surface area (Å²) in [4.78, 5) is 23.4. The van der Waals surface area contributed by atoms with E-state index in [9.17, 15) is 9.59 Å². The Morgan fingerprint density at radius 1 is 0.429 bits per heavy atom. The van der Waals surface area contributed by atoms with E-state index in [1.165, 1.54) is 148 Å². The maximum absolute atomic E-state index is 12.7. The van der Waals surface area contributed by atoms with Gasteiger partial charge in [0.05, 0.1) is 0 Å². The second-order valence-corrected chi connectivity index (χ2v) is 14.9. The van der Waals surface area contributed by atoms with Gasteiger partial charge in [0.1, 0.15) is 6.10 Å². The summed E-state index contributed by atoms with van der Waals surface area (Å²) in [5.74, 6) is -0.716. The van der Waals surface area contributed by atoms with Crippen molar-refractivity contribution in [2.24, 2.45) is 0 Å². The van der Waals surface area contributed by atoms with Crippen LogP contribution in [-0.4, -0.2) is 23.1 Å². The molecule has 0 aromatic rings. The highest BCUT2D eigenvalue weighted by atomic mass is 16.5. The summed E-state index contributed by atoms with van der Waals surface area (Å²) in [7, 11) is 0. The minimum atomic E-state index is -0.702. The molecule has 0 rings (SSSR count). The first kappa shape index (κ1) is 47.4. The van der Waals surface area contributed by atoms with Crippen LogP contribution in [0.5, 0.6) is 0 Å². The molecule has 0 aliphatic heterocycles. The predicted molar refractivity (Wildman–Crippen MR) is 213 cm³/mol. The van der Waals surface area contributed by atoms with Crippen LogP contribution >= 0.6 is 0 Å². The lowest BCUT2D eigenvalue weighted by Crippen LogP contribution is -2.18. The highest BCUT2D eigenvalue weighted by molar-refractivity contribution is 5.69. The summed E-state index contributed by atoms with van der Waals surface area (Å²) in [5.41, 5.74) is 0. The smallest absolute Gasteiger partial charge is 0.306 e. The number of carbonyl (C=O) groups excluding carboxylic acids is 1. The van der Waals surface area contributed by atoms with Crippen molar-refractivity contribution < 1.29 is 19.4 Å². The van der Waals surface area contributed by atoms with E-state index in [0.29, 0.717) is 6.42 Å². The molecular formula is C45H84O4. The molecule has 0 saturated heterocycles. The summed E-state index contributed by atoms with van der Waals surface area (Å²) in [5, 5.41) is 8.83. The van der Waals surface area contributed by atoms with Crippen LogP contribution in [-0.2, 0) is 14.3 Å². The molecule has 0 aromatic carbocycles. The van der Waals surface area contributed by atoms with E-state index in [1.807, 2.05) is 0 Å². The molecule has 0 saturated carbocycles. The molecule has 0 heterocycles. The third kappa shape index (κ3) is 40.7.